The number of aromatic nitrogens is 4. The minimum absolute atomic E-state index is 0.0892. The van der Waals surface area contributed by atoms with Gasteiger partial charge in [-0.15, -0.1) is 0 Å². The first-order valence-corrected chi connectivity index (χ1v) is 35.8. The molecule has 3 aliphatic heterocycles. The average Bonchev–Trinajstić information content (AvgIpc) is 1.57. The summed E-state index contributed by atoms with van der Waals surface area (Å²) in [7, 11) is -4.07. The van der Waals surface area contributed by atoms with Crippen LogP contribution in [0.15, 0.2) is 79.3 Å². The van der Waals surface area contributed by atoms with Crippen LogP contribution in [-0.4, -0.2) is 195 Å². The molecule has 3 saturated heterocycles. The normalized spacial score (nSPS) is 17.0. The Hall–Kier alpha value is -9.67. The molecule has 3 fully saturated rings. The largest absolute Gasteiger partial charge is 0.524 e. The highest BCUT2D eigenvalue weighted by Gasteiger charge is 2.58. The van der Waals surface area contributed by atoms with Gasteiger partial charge in [0.05, 0.1) is 81.0 Å². The molecule has 110 heavy (non-hydrogen) atoms. The lowest BCUT2D eigenvalue weighted by atomic mass is 9.77. The molecule has 600 valence electrons. The molecule has 8 rings (SSSR count). The first kappa shape index (κ1) is 85.9. The summed E-state index contributed by atoms with van der Waals surface area (Å²) >= 11 is 0. The number of phosphoric ester groups is 1. The lowest BCUT2D eigenvalue weighted by Crippen LogP contribution is -2.64. The molecule has 39 heteroatoms. The quantitative estimate of drug-likeness (QED) is 0.00590. The van der Waals surface area contributed by atoms with Crippen molar-refractivity contribution in [3.63, 3.8) is 0 Å². The SMILES string of the molecule is COC(=O)N[C@H](C(=O)N[C@@H](Cc1ccc(C#Cc2cnc(N3CC4CCC(C3)N4C3COC3)nc2)cc1)[C@H](CN(Cc1c(F)cc(-c2ccn(C(F)F)n2)cc1F)NC(=O)[C@@H](NC(=O)OC)C(C)(C)C(F)(F)F)OC(=O)CC(C)(C)c1c(CC(=O)NCC(=O)OC(C)(C)C)cccc1OP(=O)(O)O)C(C)(C)C(F)(F)F. The maximum atomic E-state index is 16.9. The van der Waals surface area contributed by atoms with E-state index in [4.69, 9.17) is 18.7 Å². The molecule has 5 aromatic rings. The molecular formula is C71H85F10N12O16P. The number of nitrogens with zero attached hydrogens (tertiary/aromatic N) is 7. The van der Waals surface area contributed by atoms with Crippen LogP contribution in [0.2, 0.25) is 0 Å². The topological polar surface area (TPSA) is 346 Å². The average molecular weight is 1580 g/mol. The molecule has 28 nitrogen and oxygen atoms in total. The van der Waals surface area contributed by atoms with E-state index in [2.05, 4.69) is 62.2 Å². The maximum absolute atomic E-state index is 16.9. The number of ether oxygens (including phenoxy) is 5. The van der Waals surface area contributed by atoms with Crippen molar-refractivity contribution in [1.29, 1.82) is 0 Å². The van der Waals surface area contributed by atoms with Crippen LogP contribution >= 0.6 is 7.82 Å². The Kier molecular flexibility index (Phi) is 27.1. The molecule has 5 amide bonds. The first-order valence-electron chi connectivity index (χ1n) is 34.3. The van der Waals surface area contributed by atoms with Crippen LogP contribution in [0.5, 0.6) is 5.75 Å². The van der Waals surface area contributed by atoms with Gasteiger partial charge in [-0.25, -0.2) is 42.6 Å². The fourth-order valence-electron chi connectivity index (χ4n) is 12.8. The Morgan fingerprint density at radius 3 is 1.81 bits per heavy atom. The minimum Gasteiger partial charge on any atom is -0.459 e. The van der Waals surface area contributed by atoms with Gasteiger partial charge in [0, 0.05) is 78.0 Å². The smallest absolute Gasteiger partial charge is 0.459 e. The molecular weight excluding hydrogens is 1500 g/mol. The van der Waals surface area contributed by atoms with E-state index in [9.17, 15) is 47.1 Å². The highest BCUT2D eigenvalue weighted by molar-refractivity contribution is 7.46. The molecule has 0 radical (unpaired) electrons. The third-order valence-corrected chi connectivity index (χ3v) is 19.1. The molecule has 2 unspecified atom stereocenters. The number of alkyl halides is 8. The van der Waals surface area contributed by atoms with Crippen LogP contribution in [0.3, 0.4) is 0 Å². The van der Waals surface area contributed by atoms with Gasteiger partial charge in [0.2, 0.25) is 17.8 Å². The number of anilines is 1. The van der Waals surface area contributed by atoms with Crippen molar-refractivity contribution < 1.29 is 120 Å². The summed E-state index contributed by atoms with van der Waals surface area (Å²) in [6, 6.07) is 4.78. The number of esters is 2. The summed E-state index contributed by atoms with van der Waals surface area (Å²) in [5.41, 5.74) is -8.97. The highest BCUT2D eigenvalue weighted by atomic mass is 31.2. The van der Waals surface area contributed by atoms with Gasteiger partial charge >= 0.3 is 50.8 Å². The number of rotatable bonds is 29. The van der Waals surface area contributed by atoms with Crippen LogP contribution in [0.4, 0.5) is 59.4 Å². The third-order valence-electron chi connectivity index (χ3n) is 18.7. The number of fused-ring (bicyclic) bond motifs is 2. The van der Waals surface area contributed by atoms with Crippen LogP contribution < -0.4 is 36.1 Å². The standard InChI is InChI=1S/C71H85F10N12O16P/c1-66(2,3)108-56(96)32-82-54(94)28-42-13-12-14-52(109-110(101,102)103)57(42)67(4,5)29-55(95)107-53(36-91(89-61(98)59(87-65(100)105-11)69(8,9)71(79,80)81)35-47-48(72)26-43(27-49(47)73)50-23-24-92(88-50)62(74)75)51(85-60(97)58(86-64(99)104-10)68(6,7)70(76,77)78)25-40-18-15-39(16-19-40)17-20-41-30-83-63(84-31-41)90-33-44-21-22-45(34-90)93(44)46-37-106-38-46/h12-16,18-19,23-24,26-27,30-31,44-46,51,53,58-59,62H,21-22,25,28-29,32-38H2,1-11H3,(H,82,94)(H,85,97)(H,86,99)(H,87,100)(H,89,98)(H2,101,102,103)/t44?,45?,51-,53-,58+,59+/m0/s1. The van der Waals surface area contributed by atoms with Gasteiger partial charge < -0.3 is 54.4 Å². The van der Waals surface area contributed by atoms with Gasteiger partial charge in [-0.1, -0.05) is 50.0 Å². The maximum Gasteiger partial charge on any atom is 0.524 e. The Morgan fingerprint density at radius 1 is 0.736 bits per heavy atom. The zero-order chi connectivity index (χ0) is 81.4. The van der Waals surface area contributed by atoms with Gasteiger partial charge in [0.25, 0.3) is 5.91 Å². The molecule has 3 aliphatic rings. The molecule has 5 heterocycles. The predicted octanol–water partition coefficient (Wildman–Crippen LogP) is 8.40. The molecule has 2 aromatic heterocycles. The molecule has 6 atom stereocenters. The van der Waals surface area contributed by atoms with Crippen LogP contribution in [0.1, 0.15) is 122 Å². The molecule has 2 bridgehead atoms. The number of phosphoric acid groups is 1. The highest BCUT2D eigenvalue weighted by Crippen LogP contribution is 2.46. The number of carbonyl (C=O) groups excluding carboxylic acids is 7. The minimum atomic E-state index is -5.56. The fourth-order valence-corrected chi connectivity index (χ4v) is 13.2. The zero-order valence-corrected chi connectivity index (χ0v) is 62.5. The number of methoxy groups -OCH3 is 2. The van der Waals surface area contributed by atoms with Crippen molar-refractivity contribution in [2.24, 2.45) is 10.8 Å². The first-order chi connectivity index (χ1) is 51.2. The Bertz CT molecular complexity index is 4240. The summed E-state index contributed by atoms with van der Waals surface area (Å²) in [6.07, 6.45) is -12.9. The van der Waals surface area contributed by atoms with Crippen LogP contribution in [-0.2, 0) is 77.0 Å². The van der Waals surface area contributed by atoms with E-state index in [1.165, 1.54) is 62.6 Å². The second-order valence-electron chi connectivity index (χ2n) is 29.3. The second-order valence-corrected chi connectivity index (χ2v) is 30.4. The number of hydrogen-bond donors (Lipinski definition) is 7. The van der Waals surface area contributed by atoms with E-state index in [1.54, 1.807) is 26.1 Å². The van der Waals surface area contributed by atoms with Crippen molar-refractivity contribution in [2.45, 2.75) is 173 Å². The number of carbonyl (C=O) groups is 7. The van der Waals surface area contributed by atoms with Gasteiger partial charge in [0.15, 0.2) is 0 Å². The predicted molar refractivity (Wildman–Crippen MR) is 370 cm³/mol. The number of amides is 5. The van der Waals surface area contributed by atoms with Crippen LogP contribution in [0, 0.1) is 34.3 Å². The lowest BCUT2D eigenvalue weighted by molar-refractivity contribution is -0.221. The van der Waals surface area contributed by atoms with Crippen molar-refractivity contribution in [2.75, 3.05) is 58.5 Å². The molecule has 0 aliphatic carbocycles. The van der Waals surface area contributed by atoms with Crippen molar-refractivity contribution in [1.82, 2.24) is 56.4 Å². The summed E-state index contributed by atoms with van der Waals surface area (Å²) in [5.74, 6) is -4.13. The summed E-state index contributed by atoms with van der Waals surface area (Å²) in [5, 5.41) is 12.4. The number of nitrogens with one attached hydrogen (secondary N) is 5. The molecule has 0 saturated carbocycles. The lowest BCUT2D eigenvalue weighted by Gasteiger charge is -2.47. The monoisotopic (exact) mass is 1580 g/mol. The van der Waals surface area contributed by atoms with E-state index < -0.39 is 188 Å². The Morgan fingerprint density at radius 2 is 1.30 bits per heavy atom. The number of hydrazine groups is 1. The van der Waals surface area contributed by atoms with Gasteiger partial charge in [-0.3, -0.25) is 44.1 Å². The summed E-state index contributed by atoms with van der Waals surface area (Å²) in [4.78, 5) is 131. The van der Waals surface area contributed by atoms with Gasteiger partial charge in [0.1, 0.15) is 47.7 Å². The number of hydrogen-bond acceptors (Lipinski definition) is 20. The number of halogens is 10. The van der Waals surface area contributed by atoms with Crippen molar-refractivity contribution in [3.05, 3.63) is 124 Å². The van der Waals surface area contributed by atoms with E-state index in [0.717, 1.165) is 45.4 Å². The van der Waals surface area contributed by atoms with Crippen LogP contribution in [0.25, 0.3) is 11.3 Å². The second kappa shape index (κ2) is 34.7. The third kappa shape index (κ3) is 22.1. The number of benzene rings is 3. The van der Waals surface area contributed by atoms with Gasteiger partial charge in [-0.05, 0) is 115 Å². The Labute approximate surface area is 625 Å². The molecule has 0 spiro atoms. The molecule has 7 N–H and O–H groups in total. The van der Waals surface area contributed by atoms with E-state index >= 15 is 44.7 Å². The van der Waals surface area contributed by atoms with E-state index in [1.807, 2.05) is 5.32 Å². The van der Waals surface area contributed by atoms with Gasteiger partial charge in [-0.2, -0.15) is 40.2 Å². The summed E-state index contributed by atoms with van der Waals surface area (Å²) < 4.78 is 196. The van der Waals surface area contributed by atoms with E-state index in [0.29, 0.717) is 106 Å². The zero-order valence-electron chi connectivity index (χ0n) is 61.6. The number of piperazine rings is 1. The Balaban J connectivity index is 1.26. The van der Waals surface area contributed by atoms with E-state index in [-0.39, 0.29) is 21.4 Å². The molecule has 3 aromatic carbocycles. The fraction of sp³-hybridized carbons (Fsp3) is 0.521. The van der Waals surface area contributed by atoms with Crippen molar-refractivity contribution >= 4 is 55.6 Å². The number of alkyl carbamates (subject to hydrolysis) is 2. The van der Waals surface area contributed by atoms with Crippen molar-refractivity contribution in [3.8, 4) is 28.8 Å². The summed E-state index contributed by atoms with van der Waals surface area (Å²) in [6.45, 7) is 5.36.